The lowest BCUT2D eigenvalue weighted by atomic mass is 10.1. The Kier molecular flexibility index (Phi) is 4.35. The number of nitrogens with zero attached hydrogens (tertiary/aromatic N) is 1. The van der Waals surface area contributed by atoms with E-state index in [1.54, 1.807) is 7.11 Å². The quantitative estimate of drug-likeness (QED) is 0.903. The molecular formula is C16H26N2O. The summed E-state index contributed by atoms with van der Waals surface area (Å²) in [5, 5.41) is 3.61. The smallest absolute Gasteiger partial charge is 0.119 e. The first-order valence-electron chi connectivity index (χ1n) is 7.12. The fourth-order valence-electron chi connectivity index (χ4n) is 2.48. The van der Waals surface area contributed by atoms with Crippen molar-refractivity contribution in [3.05, 3.63) is 24.3 Å². The molecule has 0 aromatic heterocycles. The van der Waals surface area contributed by atoms with E-state index in [9.17, 15) is 0 Å². The maximum atomic E-state index is 5.20. The highest BCUT2D eigenvalue weighted by atomic mass is 16.5. The second kappa shape index (κ2) is 5.83. The van der Waals surface area contributed by atoms with Crippen LogP contribution in [-0.2, 0) is 0 Å². The minimum atomic E-state index is 0.216. The molecule has 1 saturated heterocycles. The van der Waals surface area contributed by atoms with E-state index in [4.69, 9.17) is 4.74 Å². The van der Waals surface area contributed by atoms with E-state index in [1.165, 1.54) is 12.1 Å². The van der Waals surface area contributed by atoms with Crippen LogP contribution in [0, 0.1) is 5.92 Å². The Morgan fingerprint density at radius 1 is 1.26 bits per heavy atom. The Balaban J connectivity index is 1.87. The second-order valence-corrected chi connectivity index (χ2v) is 6.43. The van der Waals surface area contributed by atoms with Crippen LogP contribution < -0.4 is 15.0 Å². The fourth-order valence-corrected chi connectivity index (χ4v) is 2.48. The minimum Gasteiger partial charge on any atom is -0.497 e. The highest BCUT2D eigenvalue weighted by molar-refractivity contribution is 5.49. The molecule has 1 unspecified atom stereocenters. The van der Waals surface area contributed by atoms with Crippen LogP contribution in [0.1, 0.15) is 27.2 Å². The van der Waals surface area contributed by atoms with Gasteiger partial charge in [0, 0.05) is 30.9 Å². The van der Waals surface area contributed by atoms with Crippen LogP contribution in [0.25, 0.3) is 0 Å². The number of hydrogen-bond donors (Lipinski definition) is 1. The average Bonchev–Trinajstić information content (AvgIpc) is 2.84. The highest BCUT2D eigenvalue weighted by Gasteiger charge is 2.23. The topological polar surface area (TPSA) is 24.5 Å². The van der Waals surface area contributed by atoms with Gasteiger partial charge in [0.05, 0.1) is 7.11 Å². The minimum absolute atomic E-state index is 0.216. The summed E-state index contributed by atoms with van der Waals surface area (Å²) in [4.78, 5) is 2.47. The first-order chi connectivity index (χ1) is 8.98. The van der Waals surface area contributed by atoms with Gasteiger partial charge in [-0.05, 0) is 57.4 Å². The van der Waals surface area contributed by atoms with Gasteiger partial charge in [-0.15, -0.1) is 0 Å². The van der Waals surface area contributed by atoms with E-state index in [0.717, 1.165) is 31.3 Å². The monoisotopic (exact) mass is 262 g/mol. The number of methoxy groups -OCH3 is 1. The molecule has 1 aromatic carbocycles. The molecule has 0 spiro atoms. The van der Waals surface area contributed by atoms with Crippen molar-refractivity contribution in [3.8, 4) is 5.75 Å². The van der Waals surface area contributed by atoms with Gasteiger partial charge < -0.3 is 15.0 Å². The molecule has 1 aromatic rings. The lowest BCUT2D eigenvalue weighted by molar-refractivity contribution is 0.383. The first kappa shape index (κ1) is 14.2. The molecule has 1 fully saturated rings. The molecule has 0 aliphatic carbocycles. The van der Waals surface area contributed by atoms with Crippen molar-refractivity contribution in [1.29, 1.82) is 0 Å². The van der Waals surface area contributed by atoms with Crippen molar-refractivity contribution in [1.82, 2.24) is 5.32 Å². The van der Waals surface area contributed by atoms with Gasteiger partial charge in [-0.3, -0.25) is 0 Å². The van der Waals surface area contributed by atoms with E-state index in [1.807, 2.05) is 12.1 Å². The molecular weight excluding hydrogens is 236 g/mol. The first-order valence-corrected chi connectivity index (χ1v) is 7.12. The summed E-state index contributed by atoms with van der Waals surface area (Å²) in [6.45, 7) is 10.1. The molecule has 1 aliphatic heterocycles. The second-order valence-electron chi connectivity index (χ2n) is 6.43. The van der Waals surface area contributed by atoms with Crippen LogP contribution in [0.3, 0.4) is 0 Å². The summed E-state index contributed by atoms with van der Waals surface area (Å²) in [5.41, 5.74) is 1.52. The van der Waals surface area contributed by atoms with Gasteiger partial charge in [0.15, 0.2) is 0 Å². The van der Waals surface area contributed by atoms with Gasteiger partial charge >= 0.3 is 0 Å². The van der Waals surface area contributed by atoms with E-state index < -0.39 is 0 Å². The van der Waals surface area contributed by atoms with E-state index in [2.05, 4.69) is 43.1 Å². The third kappa shape index (κ3) is 4.13. The Morgan fingerprint density at radius 2 is 1.95 bits per heavy atom. The summed E-state index contributed by atoms with van der Waals surface area (Å²) >= 11 is 0. The van der Waals surface area contributed by atoms with Crippen molar-refractivity contribution in [3.63, 3.8) is 0 Å². The van der Waals surface area contributed by atoms with Crippen LogP contribution in [0.5, 0.6) is 5.75 Å². The van der Waals surface area contributed by atoms with Gasteiger partial charge in [-0.2, -0.15) is 0 Å². The molecule has 3 heteroatoms. The maximum Gasteiger partial charge on any atom is 0.119 e. The van der Waals surface area contributed by atoms with E-state index >= 15 is 0 Å². The predicted molar refractivity (Wildman–Crippen MR) is 81.1 cm³/mol. The lowest BCUT2D eigenvalue weighted by Gasteiger charge is -2.24. The van der Waals surface area contributed by atoms with Crippen LogP contribution in [0.2, 0.25) is 0 Å². The molecule has 19 heavy (non-hydrogen) atoms. The van der Waals surface area contributed by atoms with Crippen molar-refractivity contribution in [2.75, 3.05) is 31.6 Å². The molecule has 0 amide bonds. The average molecular weight is 262 g/mol. The summed E-state index contributed by atoms with van der Waals surface area (Å²) in [6.07, 6.45) is 1.27. The molecule has 0 saturated carbocycles. The molecule has 0 radical (unpaired) electrons. The van der Waals surface area contributed by atoms with Crippen LogP contribution in [0.4, 0.5) is 5.69 Å². The van der Waals surface area contributed by atoms with Crippen LogP contribution >= 0.6 is 0 Å². The Bertz CT molecular complexity index is 394. The van der Waals surface area contributed by atoms with E-state index in [-0.39, 0.29) is 5.54 Å². The molecule has 1 heterocycles. The summed E-state index contributed by atoms with van der Waals surface area (Å²) < 4.78 is 5.20. The Labute approximate surface area is 116 Å². The molecule has 106 valence electrons. The molecule has 0 bridgehead atoms. The van der Waals surface area contributed by atoms with Crippen LogP contribution in [0.15, 0.2) is 24.3 Å². The predicted octanol–water partition coefficient (Wildman–Crippen LogP) is 2.91. The normalized spacial score (nSPS) is 19.8. The van der Waals surface area contributed by atoms with Crippen LogP contribution in [-0.4, -0.2) is 32.3 Å². The lowest BCUT2D eigenvalue weighted by Crippen LogP contribution is -2.39. The van der Waals surface area contributed by atoms with Gasteiger partial charge in [0.1, 0.15) is 5.75 Å². The van der Waals surface area contributed by atoms with E-state index in [0.29, 0.717) is 0 Å². The van der Waals surface area contributed by atoms with Crippen molar-refractivity contribution in [2.24, 2.45) is 5.92 Å². The van der Waals surface area contributed by atoms with Gasteiger partial charge in [-0.25, -0.2) is 0 Å². The maximum absolute atomic E-state index is 5.20. The molecule has 3 nitrogen and oxygen atoms in total. The molecule has 1 N–H and O–H groups in total. The van der Waals surface area contributed by atoms with Crippen molar-refractivity contribution < 1.29 is 4.74 Å². The zero-order valence-electron chi connectivity index (χ0n) is 12.6. The van der Waals surface area contributed by atoms with Gasteiger partial charge in [-0.1, -0.05) is 0 Å². The number of ether oxygens (including phenoxy) is 1. The summed E-state index contributed by atoms with van der Waals surface area (Å²) in [6, 6.07) is 8.38. The zero-order chi connectivity index (χ0) is 13.9. The van der Waals surface area contributed by atoms with Crippen molar-refractivity contribution >= 4 is 5.69 Å². The SMILES string of the molecule is COc1ccc(N2CCC(CNC(C)(C)C)C2)cc1. The third-order valence-corrected chi connectivity index (χ3v) is 3.64. The number of anilines is 1. The Morgan fingerprint density at radius 3 is 2.53 bits per heavy atom. The standard InChI is InChI=1S/C16H26N2O/c1-16(2,3)17-11-13-9-10-18(12-13)14-5-7-15(19-4)8-6-14/h5-8,13,17H,9-12H2,1-4H3. The molecule has 1 aliphatic rings. The Hall–Kier alpha value is -1.22. The number of hydrogen-bond acceptors (Lipinski definition) is 3. The number of benzene rings is 1. The fraction of sp³-hybridized carbons (Fsp3) is 0.625. The number of nitrogens with one attached hydrogen (secondary N) is 1. The number of rotatable bonds is 4. The highest BCUT2D eigenvalue weighted by Crippen LogP contribution is 2.25. The summed E-state index contributed by atoms with van der Waals surface area (Å²) in [7, 11) is 1.71. The largest absolute Gasteiger partial charge is 0.497 e. The van der Waals surface area contributed by atoms with Gasteiger partial charge in [0.2, 0.25) is 0 Å². The molecule has 1 atom stereocenters. The zero-order valence-corrected chi connectivity index (χ0v) is 12.6. The van der Waals surface area contributed by atoms with Gasteiger partial charge in [0.25, 0.3) is 0 Å². The molecule has 2 rings (SSSR count). The summed E-state index contributed by atoms with van der Waals surface area (Å²) in [5.74, 6) is 1.68. The van der Waals surface area contributed by atoms with Crippen molar-refractivity contribution in [2.45, 2.75) is 32.7 Å². The third-order valence-electron chi connectivity index (χ3n) is 3.64.